The third-order valence-corrected chi connectivity index (χ3v) is 4.40. The van der Waals surface area contributed by atoms with Gasteiger partial charge in [0.25, 0.3) is 0 Å². The highest BCUT2D eigenvalue weighted by Gasteiger charge is 2.45. The fraction of sp³-hybridized carbons (Fsp3) is 1.00. The van der Waals surface area contributed by atoms with E-state index in [1.54, 1.807) is 0 Å². The Balaban J connectivity index is 2.91. The van der Waals surface area contributed by atoms with Gasteiger partial charge in [-0.05, 0) is 43.9 Å². The molecule has 1 saturated heterocycles. The molecular formula is C11H26B3N. The van der Waals surface area contributed by atoms with E-state index in [0.717, 1.165) is 5.94 Å². The fourth-order valence-corrected chi connectivity index (χ4v) is 3.68. The Morgan fingerprint density at radius 3 is 2.33 bits per heavy atom. The van der Waals surface area contributed by atoms with Crippen molar-refractivity contribution in [3.63, 3.8) is 0 Å². The van der Waals surface area contributed by atoms with E-state index in [-0.39, 0.29) is 0 Å². The van der Waals surface area contributed by atoms with Crippen LogP contribution in [0.5, 0.6) is 0 Å². The molecule has 0 saturated carbocycles. The van der Waals surface area contributed by atoms with Crippen molar-refractivity contribution in [2.75, 3.05) is 0 Å². The molecule has 0 bridgehead atoms. The van der Waals surface area contributed by atoms with Gasteiger partial charge in [-0.1, -0.05) is 20.3 Å². The highest BCUT2D eigenvalue weighted by molar-refractivity contribution is 6.40. The summed E-state index contributed by atoms with van der Waals surface area (Å²) in [5.74, 6) is 0.761. The maximum atomic E-state index is 2.80. The van der Waals surface area contributed by atoms with E-state index < -0.39 is 0 Å². The maximum absolute atomic E-state index is 2.80. The molecule has 1 heterocycles. The van der Waals surface area contributed by atoms with Crippen molar-refractivity contribution in [3.05, 3.63) is 0 Å². The van der Waals surface area contributed by atoms with Crippen LogP contribution in [0.4, 0.5) is 0 Å². The summed E-state index contributed by atoms with van der Waals surface area (Å²) in [6, 6.07) is 0. The number of hydrogen-bond donors (Lipinski definition) is 0. The van der Waals surface area contributed by atoms with E-state index in [1.807, 2.05) is 0 Å². The molecule has 0 aromatic carbocycles. The topological polar surface area (TPSA) is 3.24 Å². The molecule has 4 heteroatoms. The van der Waals surface area contributed by atoms with Crippen molar-refractivity contribution in [1.82, 2.24) is 4.90 Å². The van der Waals surface area contributed by atoms with Crippen molar-refractivity contribution in [2.45, 2.75) is 69.7 Å². The van der Waals surface area contributed by atoms with Crippen LogP contribution in [0.25, 0.3) is 0 Å². The van der Waals surface area contributed by atoms with Crippen LogP contribution in [-0.4, -0.2) is 45.3 Å². The van der Waals surface area contributed by atoms with Crippen LogP contribution >= 0.6 is 0 Å². The second-order valence-corrected chi connectivity index (χ2v) is 6.17. The van der Waals surface area contributed by atoms with Gasteiger partial charge in [-0.15, -0.1) is 0 Å². The summed E-state index contributed by atoms with van der Waals surface area (Å²) >= 11 is 0. The minimum Gasteiger partial charge on any atom is -0.313 e. The zero-order valence-corrected chi connectivity index (χ0v) is 11.6. The molecule has 1 nitrogen and oxygen atoms in total. The second-order valence-electron chi connectivity index (χ2n) is 6.17. The van der Waals surface area contributed by atoms with E-state index in [4.69, 9.17) is 0 Å². The standard InChI is InChI=1S/C11H26B3N/c1-4-7-10(3,5-2)15-9(12)6-8-11(15,13)14/h9H,4-8,12-14H2,1-3H3. The van der Waals surface area contributed by atoms with Gasteiger partial charge in [0.2, 0.25) is 0 Å². The number of hydrogen-bond acceptors (Lipinski definition) is 1. The van der Waals surface area contributed by atoms with Crippen LogP contribution < -0.4 is 0 Å². The predicted octanol–water partition coefficient (Wildman–Crippen LogP) is -0.0698. The molecule has 1 aliphatic heterocycles. The molecule has 2 atom stereocenters. The van der Waals surface area contributed by atoms with Crippen LogP contribution in [0, 0.1) is 0 Å². The van der Waals surface area contributed by atoms with Gasteiger partial charge in [-0.3, -0.25) is 0 Å². The largest absolute Gasteiger partial charge is 0.313 e. The average Bonchev–Trinajstić information content (AvgIpc) is 2.41. The summed E-state index contributed by atoms with van der Waals surface area (Å²) in [6.07, 6.45) is 6.62. The van der Waals surface area contributed by atoms with Crippen LogP contribution in [0.1, 0.15) is 52.9 Å². The average molecular weight is 205 g/mol. The lowest BCUT2D eigenvalue weighted by Crippen LogP contribution is -2.59. The van der Waals surface area contributed by atoms with Gasteiger partial charge in [-0.25, -0.2) is 0 Å². The summed E-state index contributed by atoms with van der Waals surface area (Å²) in [6.45, 7) is 7.11. The van der Waals surface area contributed by atoms with Crippen molar-refractivity contribution in [2.24, 2.45) is 0 Å². The van der Waals surface area contributed by atoms with Gasteiger partial charge < -0.3 is 4.90 Å². The van der Waals surface area contributed by atoms with Crippen molar-refractivity contribution in [3.8, 4) is 0 Å². The lowest BCUT2D eigenvalue weighted by atomic mass is 9.59. The SMILES string of the molecule is BC1CCC(B)(B)N1C(C)(CC)CCC. The Morgan fingerprint density at radius 2 is 2.00 bits per heavy atom. The first-order valence-corrected chi connectivity index (χ1v) is 6.67. The number of rotatable bonds is 4. The van der Waals surface area contributed by atoms with Crippen molar-refractivity contribution < 1.29 is 0 Å². The molecule has 0 N–H and O–H groups in total. The number of nitrogens with zero attached hydrogens (tertiary/aromatic N) is 1. The Labute approximate surface area is 98.6 Å². The summed E-state index contributed by atoms with van der Waals surface area (Å²) in [5, 5.41) is 0.402. The molecule has 15 heavy (non-hydrogen) atoms. The van der Waals surface area contributed by atoms with Crippen LogP contribution in [0.15, 0.2) is 0 Å². The third kappa shape index (κ3) is 2.46. The molecule has 1 fully saturated rings. The highest BCUT2D eigenvalue weighted by Crippen LogP contribution is 2.38. The van der Waals surface area contributed by atoms with Gasteiger partial charge in [0.15, 0.2) is 0 Å². The van der Waals surface area contributed by atoms with E-state index in [2.05, 4.69) is 49.2 Å². The van der Waals surface area contributed by atoms with Gasteiger partial charge in [-0.2, -0.15) is 0 Å². The molecule has 1 aliphatic rings. The first-order valence-electron chi connectivity index (χ1n) is 6.67. The summed E-state index contributed by atoms with van der Waals surface area (Å²) in [7, 11) is 7.23. The van der Waals surface area contributed by atoms with E-state index >= 15 is 0 Å². The van der Waals surface area contributed by atoms with Crippen molar-refractivity contribution in [1.29, 1.82) is 0 Å². The van der Waals surface area contributed by atoms with E-state index in [1.165, 1.54) is 32.1 Å². The Hall–Kier alpha value is 0.155. The molecule has 0 spiro atoms. The van der Waals surface area contributed by atoms with Crippen LogP contribution in [-0.2, 0) is 0 Å². The van der Waals surface area contributed by atoms with Crippen molar-refractivity contribution >= 4 is 23.5 Å². The Kier molecular flexibility index (Phi) is 4.03. The maximum Gasteiger partial charge on any atom is 0.123 e. The normalized spacial score (nSPS) is 30.2. The lowest BCUT2D eigenvalue weighted by molar-refractivity contribution is 0.0753. The summed E-state index contributed by atoms with van der Waals surface area (Å²) < 4.78 is 0. The van der Waals surface area contributed by atoms with Crippen LogP contribution in [0.2, 0.25) is 0 Å². The third-order valence-electron chi connectivity index (χ3n) is 4.40. The zero-order valence-electron chi connectivity index (χ0n) is 11.6. The summed E-state index contributed by atoms with van der Waals surface area (Å²) in [4.78, 5) is 2.80. The minimum atomic E-state index is 0.402. The molecule has 0 radical (unpaired) electrons. The molecule has 0 aromatic rings. The molecule has 84 valence electrons. The van der Waals surface area contributed by atoms with Gasteiger partial charge in [0.05, 0.1) is 0 Å². The second kappa shape index (κ2) is 4.57. The molecular weight excluding hydrogens is 179 g/mol. The van der Waals surface area contributed by atoms with E-state index in [9.17, 15) is 0 Å². The molecule has 0 aliphatic carbocycles. The molecule has 0 amide bonds. The lowest BCUT2D eigenvalue weighted by Gasteiger charge is -2.49. The monoisotopic (exact) mass is 205 g/mol. The molecule has 1 rings (SSSR count). The summed E-state index contributed by atoms with van der Waals surface area (Å²) in [5.41, 5.74) is 0.411. The zero-order chi connectivity index (χ0) is 11.7. The Bertz CT molecular complexity index is 220. The quantitative estimate of drug-likeness (QED) is 0.580. The minimum absolute atomic E-state index is 0.402. The smallest absolute Gasteiger partial charge is 0.123 e. The Morgan fingerprint density at radius 1 is 1.40 bits per heavy atom. The fourth-order valence-electron chi connectivity index (χ4n) is 3.68. The van der Waals surface area contributed by atoms with E-state index in [0.29, 0.717) is 10.9 Å². The van der Waals surface area contributed by atoms with Gasteiger partial charge in [0, 0.05) is 5.54 Å². The predicted molar refractivity (Wildman–Crippen MR) is 76.8 cm³/mol. The van der Waals surface area contributed by atoms with Crippen LogP contribution in [0.3, 0.4) is 0 Å². The number of likely N-dealkylation sites (tertiary alicyclic amines) is 1. The van der Waals surface area contributed by atoms with Gasteiger partial charge >= 0.3 is 0 Å². The first kappa shape index (κ1) is 13.2. The first-order chi connectivity index (χ1) is 6.87. The molecule has 0 aromatic heterocycles. The molecule has 2 unspecified atom stereocenters. The van der Waals surface area contributed by atoms with Gasteiger partial charge in [0.1, 0.15) is 23.5 Å². The highest BCUT2D eigenvalue weighted by atomic mass is 15.3.